The van der Waals surface area contributed by atoms with E-state index in [0.29, 0.717) is 41.5 Å². The summed E-state index contributed by atoms with van der Waals surface area (Å²) in [6.45, 7) is 1.14. The van der Waals surface area contributed by atoms with Gasteiger partial charge in [-0.2, -0.15) is 18.3 Å². The molecule has 2 aromatic carbocycles. The van der Waals surface area contributed by atoms with E-state index in [2.05, 4.69) is 15.4 Å². The molecule has 0 radical (unpaired) electrons. The molecule has 1 saturated heterocycles. The van der Waals surface area contributed by atoms with Gasteiger partial charge in [0.15, 0.2) is 5.69 Å². The van der Waals surface area contributed by atoms with Crippen LogP contribution in [0.2, 0.25) is 5.02 Å². The molecule has 3 heterocycles. The maximum Gasteiger partial charge on any atom is 0.434 e. The van der Waals surface area contributed by atoms with Crippen LogP contribution < -0.4 is 10.2 Å². The first-order valence-corrected chi connectivity index (χ1v) is 12.2. The molecule has 1 amide bonds. The van der Waals surface area contributed by atoms with Crippen LogP contribution in [0.25, 0.3) is 5.69 Å². The molecule has 0 spiro atoms. The molecular weight excluding hydrogens is 519 g/mol. The largest absolute Gasteiger partial charge is 0.434 e. The molecule has 0 unspecified atom stereocenters. The zero-order valence-corrected chi connectivity index (χ0v) is 20.7. The van der Waals surface area contributed by atoms with Crippen molar-refractivity contribution >= 4 is 29.0 Å². The van der Waals surface area contributed by atoms with Crippen molar-refractivity contribution in [3.05, 3.63) is 101 Å². The maximum absolute atomic E-state index is 13.9. The summed E-state index contributed by atoms with van der Waals surface area (Å²) in [5.41, 5.74) is -1.48. The number of halogens is 4. The third-order valence-corrected chi connectivity index (χ3v) is 6.84. The molecule has 1 aliphatic rings. The summed E-state index contributed by atoms with van der Waals surface area (Å²) in [7, 11) is 0. The highest BCUT2D eigenvalue weighted by Gasteiger charge is 2.40. The number of alkyl halides is 3. The minimum absolute atomic E-state index is 0.118. The van der Waals surface area contributed by atoms with Crippen molar-refractivity contribution in [1.82, 2.24) is 14.8 Å². The summed E-state index contributed by atoms with van der Waals surface area (Å²) in [4.78, 5) is 19.2. The van der Waals surface area contributed by atoms with E-state index in [1.807, 2.05) is 35.2 Å². The quantitative estimate of drug-likeness (QED) is 0.340. The third-order valence-electron chi connectivity index (χ3n) is 6.59. The number of hydrogen-bond acceptors (Lipinski definition) is 5. The summed E-state index contributed by atoms with van der Waals surface area (Å²) in [6, 6.07) is 18.4. The summed E-state index contributed by atoms with van der Waals surface area (Å²) in [5.74, 6) is -0.317. The molecular formula is C27H23ClF3N5O2. The summed E-state index contributed by atoms with van der Waals surface area (Å²) < 4.78 is 42.4. The van der Waals surface area contributed by atoms with Crippen LogP contribution in [0, 0.1) is 0 Å². The fourth-order valence-corrected chi connectivity index (χ4v) is 4.68. The van der Waals surface area contributed by atoms with Gasteiger partial charge >= 0.3 is 6.18 Å². The van der Waals surface area contributed by atoms with E-state index >= 15 is 0 Å². The van der Waals surface area contributed by atoms with Crippen LogP contribution in [0.3, 0.4) is 0 Å². The highest BCUT2D eigenvalue weighted by atomic mass is 35.5. The molecule has 0 atom stereocenters. The van der Waals surface area contributed by atoms with Crippen LogP contribution in [0.15, 0.2) is 79.1 Å². The Hall–Kier alpha value is -3.89. The Morgan fingerprint density at radius 1 is 0.974 bits per heavy atom. The summed E-state index contributed by atoms with van der Waals surface area (Å²) in [6.07, 6.45) is -1.51. The van der Waals surface area contributed by atoms with Crippen LogP contribution in [0.4, 0.5) is 24.7 Å². The smallest absolute Gasteiger partial charge is 0.385 e. The van der Waals surface area contributed by atoms with Gasteiger partial charge in [0.05, 0.1) is 34.9 Å². The first-order valence-electron chi connectivity index (χ1n) is 11.9. The number of pyridine rings is 1. The van der Waals surface area contributed by atoms with E-state index in [1.165, 1.54) is 30.5 Å². The molecule has 1 aliphatic heterocycles. The van der Waals surface area contributed by atoms with Gasteiger partial charge in [-0.3, -0.25) is 4.79 Å². The average Bonchev–Trinajstić information content (AvgIpc) is 3.37. The standard InChI is InChI=1S/C27H23ClF3N5O2/c28-19-6-9-21(10-7-19)36-24(27(29,30)31)22(17-33-36)25(37)34-20-8-11-23(32-16-20)35-14-12-26(38,13-15-35)18-4-2-1-3-5-18/h1-11,16-17,38H,12-15H2,(H,34,37). The molecule has 11 heteroatoms. The number of hydrogen-bond donors (Lipinski definition) is 2. The van der Waals surface area contributed by atoms with Gasteiger partial charge in [0.2, 0.25) is 0 Å². The molecule has 0 saturated carbocycles. The molecule has 4 aromatic rings. The second-order valence-corrected chi connectivity index (χ2v) is 9.47. The number of rotatable bonds is 5. The topological polar surface area (TPSA) is 83.3 Å². The van der Waals surface area contributed by atoms with Gasteiger partial charge in [0.1, 0.15) is 5.82 Å². The lowest BCUT2D eigenvalue weighted by molar-refractivity contribution is -0.143. The average molecular weight is 542 g/mol. The van der Waals surface area contributed by atoms with E-state index in [1.54, 1.807) is 12.1 Å². The molecule has 0 bridgehead atoms. The number of amides is 1. The Morgan fingerprint density at radius 3 is 2.26 bits per heavy atom. The first-order chi connectivity index (χ1) is 18.1. The van der Waals surface area contributed by atoms with Crippen molar-refractivity contribution in [2.75, 3.05) is 23.3 Å². The van der Waals surface area contributed by atoms with E-state index in [0.717, 1.165) is 11.8 Å². The Balaban J connectivity index is 1.29. The zero-order chi connectivity index (χ0) is 26.9. The SMILES string of the molecule is O=C(Nc1ccc(N2CCC(O)(c3ccccc3)CC2)nc1)c1cnn(-c2ccc(Cl)cc2)c1C(F)(F)F. The lowest BCUT2D eigenvalue weighted by Gasteiger charge is -2.39. The molecule has 196 valence electrons. The first kappa shape index (κ1) is 25.7. The predicted octanol–water partition coefficient (Wildman–Crippen LogP) is 5.68. The van der Waals surface area contributed by atoms with Gasteiger partial charge in [-0.15, -0.1) is 0 Å². The fraction of sp³-hybridized carbons (Fsp3) is 0.222. The number of benzene rings is 2. The Labute approximate surface area is 221 Å². The number of carbonyl (C=O) groups is 1. The summed E-state index contributed by atoms with van der Waals surface area (Å²) >= 11 is 5.84. The third kappa shape index (κ3) is 5.23. The fourth-order valence-electron chi connectivity index (χ4n) is 4.55. The monoisotopic (exact) mass is 541 g/mol. The number of carbonyl (C=O) groups excluding carboxylic acids is 1. The second-order valence-electron chi connectivity index (χ2n) is 9.04. The minimum atomic E-state index is -4.83. The van der Waals surface area contributed by atoms with E-state index in [-0.39, 0.29) is 11.4 Å². The summed E-state index contributed by atoms with van der Waals surface area (Å²) in [5, 5.41) is 17.7. The normalized spacial score (nSPS) is 15.3. The van der Waals surface area contributed by atoms with E-state index in [9.17, 15) is 23.1 Å². The number of nitrogens with zero attached hydrogens (tertiary/aromatic N) is 4. The van der Waals surface area contributed by atoms with Crippen LogP contribution >= 0.6 is 11.6 Å². The Bertz CT molecular complexity index is 1420. The van der Waals surface area contributed by atoms with Gasteiger partial charge in [-0.25, -0.2) is 9.67 Å². The number of aromatic nitrogens is 3. The minimum Gasteiger partial charge on any atom is -0.385 e. The predicted molar refractivity (Wildman–Crippen MR) is 138 cm³/mol. The van der Waals surface area contributed by atoms with Crippen molar-refractivity contribution in [1.29, 1.82) is 0 Å². The molecule has 0 aliphatic carbocycles. The van der Waals surface area contributed by atoms with Crippen molar-refractivity contribution in [3.63, 3.8) is 0 Å². The molecule has 7 nitrogen and oxygen atoms in total. The van der Waals surface area contributed by atoms with Crippen molar-refractivity contribution in [2.24, 2.45) is 0 Å². The van der Waals surface area contributed by atoms with E-state index in [4.69, 9.17) is 11.6 Å². The highest BCUT2D eigenvalue weighted by Crippen LogP contribution is 2.35. The molecule has 2 N–H and O–H groups in total. The molecule has 38 heavy (non-hydrogen) atoms. The molecule has 2 aromatic heterocycles. The van der Waals surface area contributed by atoms with Crippen LogP contribution in [0.5, 0.6) is 0 Å². The molecule has 1 fully saturated rings. The Morgan fingerprint density at radius 2 is 1.66 bits per heavy atom. The zero-order valence-electron chi connectivity index (χ0n) is 20.0. The van der Waals surface area contributed by atoms with E-state index < -0.39 is 28.9 Å². The maximum atomic E-state index is 13.9. The van der Waals surface area contributed by atoms with Gasteiger partial charge in [0, 0.05) is 18.1 Å². The van der Waals surface area contributed by atoms with Gasteiger partial charge in [0.25, 0.3) is 5.91 Å². The van der Waals surface area contributed by atoms with Gasteiger partial charge in [-0.05, 0) is 54.8 Å². The van der Waals surface area contributed by atoms with Gasteiger partial charge < -0.3 is 15.3 Å². The van der Waals surface area contributed by atoms with Crippen molar-refractivity contribution in [2.45, 2.75) is 24.6 Å². The number of aliphatic hydroxyl groups is 1. The number of anilines is 2. The van der Waals surface area contributed by atoms with Crippen LogP contribution in [-0.4, -0.2) is 38.9 Å². The van der Waals surface area contributed by atoms with Crippen molar-refractivity contribution in [3.8, 4) is 5.69 Å². The second kappa shape index (κ2) is 10.1. The Kier molecular flexibility index (Phi) is 6.85. The molecule has 5 rings (SSSR count). The number of piperidine rings is 1. The lowest BCUT2D eigenvalue weighted by atomic mass is 9.84. The number of nitrogens with one attached hydrogen (secondary N) is 1. The van der Waals surface area contributed by atoms with Crippen LogP contribution in [-0.2, 0) is 11.8 Å². The lowest BCUT2D eigenvalue weighted by Crippen LogP contribution is -2.42. The highest BCUT2D eigenvalue weighted by molar-refractivity contribution is 6.30. The van der Waals surface area contributed by atoms with Gasteiger partial charge in [-0.1, -0.05) is 41.9 Å². The van der Waals surface area contributed by atoms with Crippen LogP contribution in [0.1, 0.15) is 34.5 Å². The van der Waals surface area contributed by atoms with Crippen molar-refractivity contribution < 1.29 is 23.1 Å².